The first-order valence-corrected chi connectivity index (χ1v) is 9.12. The van der Waals surface area contributed by atoms with Gasteiger partial charge in [-0.1, -0.05) is 49.7 Å². The first kappa shape index (κ1) is 19.8. The van der Waals surface area contributed by atoms with Gasteiger partial charge in [-0.05, 0) is 50.5 Å². The molecule has 0 radical (unpaired) electrons. The molecule has 0 aliphatic rings. The molecule has 2 rings (SSSR count). The highest BCUT2D eigenvalue weighted by Crippen LogP contribution is 2.26. The fourth-order valence-corrected chi connectivity index (χ4v) is 2.57. The molecule has 0 unspecified atom stereocenters. The number of benzene rings is 2. The fourth-order valence-electron chi connectivity index (χ4n) is 2.57. The first-order chi connectivity index (χ1) is 12.4. The summed E-state index contributed by atoms with van der Waals surface area (Å²) in [5, 5.41) is 2.94. The Kier molecular flexibility index (Phi) is 7.07. The Bertz CT molecular complexity index is 710. The molecule has 26 heavy (non-hydrogen) atoms. The van der Waals surface area contributed by atoms with E-state index < -0.39 is 6.10 Å². The van der Waals surface area contributed by atoms with E-state index in [2.05, 4.69) is 19.2 Å². The minimum Gasteiger partial charge on any atom is -0.491 e. The summed E-state index contributed by atoms with van der Waals surface area (Å²) in [6.45, 7) is 10.3. The quantitative estimate of drug-likeness (QED) is 0.760. The van der Waals surface area contributed by atoms with Crippen LogP contribution >= 0.6 is 0 Å². The lowest BCUT2D eigenvalue weighted by Gasteiger charge is -2.21. The Balaban J connectivity index is 1.85. The van der Waals surface area contributed by atoms with Gasteiger partial charge in [-0.15, -0.1) is 0 Å². The molecule has 2 atom stereocenters. The zero-order chi connectivity index (χ0) is 19.1. The van der Waals surface area contributed by atoms with Gasteiger partial charge >= 0.3 is 0 Å². The van der Waals surface area contributed by atoms with Crippen molar-refractivity contribution < 1.29 is 14.3 Å². The predicted molar refractivity (Wildman–Crippen MR) is 105 cm³/mol. The molecule has 0 saturated heterocycles. The maximum absolute atomic E-state index is 12.4. The summed E-state index contributed by atoms with van der Waals surface area (Å²) in [5.74, 6) is 1.74. The van der Waals surface area contributed by atoms with Crippen LogP contribution < -0.4 is 14.8 Å². The van der Waals surface area contributed by atoms with Crippen LogP contribution in [0.25, 0.3) is 0 Å². The van der Waals surface area contributed by atoms with E-state index in [1.54, 1.807) is 6.92 Å². The van der Waals surface area contributed by atoms with Crippen LogP contribution in [0.15, 0.2) is 48.5 Å². The van der Waals surface area contributed by atoms with Crippen LogP contribution in [0.5, 0.6) is 11.5 Å². The predicted octanol–water partition coefficient (Wildman–Crippen LogP) is 4.47. The van der Waals surface area contributed by atoms with E-state index in [0.717, 1.165) is 17.1 Å². The summed E-state index contributed by atoms with van der Waals surface area (Å²) < 4.78 is 11.6. The Labute approximate surface area is 156 Å². The van der Waals surface area contributed by atoms with Gasteiger partial charge in [0.2, 0.25) is 0 Å². The van der Waals surface area contributed by atoms with Gasteiger partial charge in [0, 0.05) is 0 Å². The van der Waals surface area contributed by atoms with Crippen LogP contribution in [0.2, 0.25) is 0 Å². The average Bonchev–Trinajstić information content (AvgIpc) is 2.61. The summed E-state index contributed by atoms with van der Waals surface area (Å²) in [6.07, 6.45) is -0.572. The summed E-state index contributed by atoms with van der Waals surface area (Å²) in [5.41, 5.74) is 2.29. The number of para-hydroxylation sites is 1. The minimum absolute atomic E-state index is 0.116. The third-order valence-electron chi connectivity index (χ3n) is 4.12. The normalized spacial score (nSPS) is 13.2. The lowest BCUT2D eigenvalue weighted by Crippen LogP contribution is -2.43. The molecule has 2 aromatic rings. The van der Waals surface area contributed by atoms with Gasteiger partial charge in [0.05, 0.1) is 6.04 Å². The van der Waals surface area contributed by atoms with Crippen molar-refractivity contribution in [3.8, 4) is 11.5 Å². The first-order valence-electron chi connectivity index (χ1n) is 9.12. The summed E-state index contributed by atoms with van der Waals surface area (Å²) in [7, 11) is 0. The summed E-state index contributed by atoms with van der Waals surface area (Å²) in [6, 6.07) is 15.6. The van der Waals surface area contributed by atoms with E-state index in [1.165, 1.54) is 5.56 Å². The molecule has 0 heterocycles. The number of rotatable bonds is 8. The monoisotopic (exact) mass is 355 g/mol. The van der Waals surface area contributed by atoms with Crippen molar-refractivity contribution >= 4 is 5.91 Å². The van der Waals surface area contributed by atoms with Gasteiger partial charge in [-0.25, -0.2) is 0 Å². The Morgan fingerprint density at radius 1 is 1.00 bits per heavy atom. The van der Waals surface area contributed by atoms with Crippen LogP contribution in [-0.4, -0.2) is 24.7 Å². The zero-order valence-corrected chi connectivity index (χ0v) is 16.3. The molecule has 0 fully saturated rings. The SMILES string of the molecule is Cc1ccc(OC[C@@H](C)NC(=O)[C@H](C)Oc2ccccc2C(C)C)cc1. The number of carbonyl (C=O) groups is 1. The van der Waals surface area contributed by atoms with Crippen molar-refractivity contribution in [2.45, 2.75) is 52.7 Å². The highest BCUT2D eigenvalue weighted by Gasteiger charge is 2.19. The van der Waals surface area contributed by atoms with E-state index in [9.17, 15) is 4.79 Å². The van der Waals surface area contributed by atoms with Crippen molar-refractivity contribution in [3.05, 3.63) is 59.7 Å². The molecule has 1 amide bonds. The van der Waals surface area contributed by atoms with Crippen LogP contribution in [0.1, 0.15) is 44.7 Å². The van der Waals surface area contributed by atoms with Crippen molar-refractivity contribution in [3.63, 3.8) is 0 Å². The Hall–Kier alpha value is -2.49. The maximum atomic E-state index is 12.4. The van der Waals surface area contributed by atoms with Crippen molar-refractivity contribution in [1.29, 1.82) is 0 Å². The number of aryl methyl sites for hydroxylation is 1. The van der Waals surface area contributed by atoms with Gasteiger partial charge in [-0.2, -0.15) is 0 Å². The smallest absolute Gasteiger partial charge is 0.261 e. The van der Waals surface area contributed by atoms with Gasteiger partial charge in [-0.3, -0.25) is 4.79 Å². The topological polar surface area (TPSA) is 47.6 Å². The highest BCUT2D eigenvalue weighted by molar-refractivity contribution is 5.81. The fraction of sp³-hybridized carbons (Fsp3) is 0.409. The molecule has 0 spiro atoms. The summed E-state index contributed by atoms with van der Waals surface area (Å²) >= 11 is 0. The molecule has 0 bridgehead atoms. The molecule has 2 aromatic carbocycles. The molecule has 140 valence electrons. The van der Waals surface area contributed by atoms with E-state index in [4.69, 9.17) is 9.47 Å². The second-order valence-electron chi connectivity index (χ2n) is 6.99. The molecular formula is C22H29NO3. The second kappa shape index (κ2) is 9.27. The largest absolute Gasteiger partial charge is 0.491 e. The third kappa shape index (κ3) is 5.80. The van der Waals surface area contributed by atoms with E-state index in [1.807, 2.05) is 62.4 Å². The number of ether oxygens (including phenoxy) is 2. The molecule has 0 aromatic heterocycles. The molecule has 4 nitrogen and oxygen atoms in total. The van der Waals surface area contributed by atoms with E-state index >= 15 is 0 Å². The van der Waals surface area contributed by atoms with Crippen LogP contribution in [0.4, 0.5) is 0 Å². The zero-order valence-electron chi connectivity index (χ0n) is 16.3. The number of hydrogen-bond acceptors (Lipinski definition) is 3. The molecular weight excluding hydrogens is 326 g/mol. The van der Waals surface area contributed by atoms with Crippen molar-refractivity contribution in [2.24, 2.45) is 0 Å². The molecule has 0 aliphatic carbocycles. The van der Waals surface area contributed by atoms with Gasteiger partial charge in [0.25, 0.3) is 5.91 Å². The Morgan fingerprint density at radius 3 is 2.31 bits per heavy atom. The van der Waals surface area contributed by atoms with Crippen molar-refractivity contribution in [1.82, 2.24) is 5.32 Å². The maximum Gasteiger partial charge on any atom is 0.261 e. The molecule has 0 saturated carbocycles. The second-order valence-corrected chi connectivity index (χ2v) is 6.99. The van der Waals surface area contributed by atoms with E-state index in [0.29, 0.717) is 12.5 Å². The van der Waals surface area contributed by atoms with Crippen LogP contribution in [-0.2, 0) is 4.79 Å². The molecule has 0 aliphatic heterocycles. The van der Waals surface area contributed by atoms with E-state index in [-0.39, 0.29) is 11.9 Å². The standard InChI is InChI=1S/C22H29NO3/c1-15(2)20-8-6-7-9-21(20)26-18(5)22(24)23-17(4)14-25-19-12-10-16(3)11-13-19/h6-13,15,17-18H,14H2,1-5H3,(H,23,24)/t17-,18+/m1/s1. The number of nitrogens with one attached hydrogen (secondary N) is 1. The number of carbonyl (C=O) groups excluding carboxylic acids is 1. The molecule has 1 N–H and O–H groups in total. The number of hydrogen-bond donors (Lipinski definition) is 1. The van der Waals surface area contributed by atoms with Gasteiger partial charge < -0.3 is 14.8 Å². The van der Waals surface area contributed by atoms with Crippen LogP contribution in [0, 0.1) is 6.92 Å². The summed E-state index contributed by atoms with van der Waals surface area (Å²) in [4.78, 5) is 12.4. The highest BCUT2D eigenvalue weighted by atomic mass is 16.5. The molecule has 4 heteroatoms. The average molecular weight is 355 g/mol. The Morgan fingerprint density at radius 2 is 1.65 bits per heavy atom. The van der Waals surface area contributed by atoms with Gasteiger partial charge in [0.1, 0.15) is 18.1 Å². The number of amides is 1. The third-order valence-corrected chi connectivity index (χ3v) is 4.12. The van der Waals surface area contributed by atoms with Crippen LogP contribution in [0.3, 0.4) is 0 Å². The van der Waals surface area contributed by atoms with Crippen molar-refractivity contribution in [2.75, 3.05) is 6.61 Å². The van der Waals surface area contributed by atoms with Gasteiger partial charge in [0.15, 0.2) is 6.10 Å². The lowest BCUT2D eigenvalue weighted by atomic mass is 10.0. The lowest BCUT2D eigenvalue weighted by molar-refractivity contribution is -0.128. The minimum atomic E-state index is -0.572.